The van der Waals surface area contributed by atoms with Crippen molar-refractivity contribution in [3.05, 3.63) is 11.4 Å². The summed E-state index contributed by atoms with van der Waals surface area (Å²) in [6, 6.07) is 0.524. The molecule has 0 radical (unpaired) electrons. The van der Waals surface area contributed by atoms with Gasteiger partial charge >= 0.3 is 0 Å². The minimum Gasteiger partial charge on any atom is -0.374 e. The molecule has 2 aliphatic heterocycles. The summed E-state index contributed by atoms with van der Waals surface area (Å²) in [6.07, 6.45) is 2.31. The molecule has 2 saturated heterocycles. The molecule has 118 valence electrons. The number of aromatic amines is 1. The first-order chi connectivity index (χ1) is 9.97. The van der Waals surface area contributed by atoms with E-state index in [9.17, 15) is 8.42 Å². The molecule has 2 unspecified atom stereocenters. The van der Waals surface area contributed by atoms with E-state index >= 15 is 0 Å². The summed E-state index contributed by atoms with van der Waals surface area (Å²) in [5.74, 6) is 0. The third kappa shape index (κ3) is 2.98. The fourth-order valence-electron chi connectivity index (χ4n) is 3.22. The average molecular weight is 314 g/mol. The predicted octanol–water partition coefficient (Wildman–Crippen LogP) is 0.168. The van der Waals surface area contributed by atoms with Crippen LogP contribution in [0.4, 0.5) is 0 Å². The first-order valence-corrected chi connectivity index (χ1v) is 8.82. The van der Waals surface area contributed by atoms with Crippen molar-refractivity contribution in [2.24, 2.45) is 0 Å². The van der Waals surface area contributed by atoms with Crippen LogP contribution in [0.1, 0.15) is 24.2 Å². The van der Waals surface area contributed by atoms with E-state index in [1.807, 2.05) is 0 Å². The van der Waals surface area contributed by atoms with E-state index in [2.05, 4.69) is 19.8 Å². The summed E-state index contributed by atoms with van der Waals surface area (Å²) < 4.78 is 33.2. The summed E-state index contributed by atoms with van der Waals surface area (Å²) in [5, 5.41) is 6.64. The second-order valence-electron chi connectivity index (χ2n) is 5.86. The highest BCUT2D eigenvalue weighted by Crippen LogP contribution is 2.23. The zero-order chi connectivity index (χ0) is 15.0. The van der Waals surface area contributed by atoms with E-state index < -0.39 is 10.0 Å². The van der Waals surface area contributed by atoms with Crippen LogP contribution in [0.3, 0.4) is 0 Å². The number of hydrogen-bond donors (Lipinski definition) is 2. The van der Waals surface area contributed by atoms with Crippen molar-refractivity contribution in [3.8, 4) is 0 Å². The highest BCUT2D eigenvalue weighted by Gasteiger charge is 2.33. The number of sulfonamides is 1. The molecule has 1 aromatic heterocycles. The lowest BCUT2D eigenvalue weighted by Crippen LogP contribution is -2.50. The zero-order valence-corrected chi connectivity index (χ0v) is 13.2. The van der Waals surface area contributed by atoms with Crippen molar-refractivity contribution in [3.63, 3.8) is 0 Å². The van der Waals surface area contributed by atoms with Crippen molar-refractivity contribution in [1.82, 2.24) is 19.8 Å². The standard InChI is InChI=1S/C13H22N4O3S/c1-9-13(10(2)16-15-9)21(18,19)14-6-12-7-17-5-3-4-11(17)8-20-12/h11-12,14H,3-8H2,1-2H3,(H,15,16). The molecule has 0 spiro atoms. The minimum absolute atomic E-state index is 0.0818. The Balaban J connectivity index is 1.62. The molecule has 3 rings (SSSR count). The van der Waals surface area contributed by atoms with Crippen LogP contribution in [-0.2, 0) is 14.8 Å². The van der Waals surface area contributed by atoms with Crippen LogP contribution in [0.15, 0.2) is 4.90 Å². The van der Waals surface area contributed by atoms with E-state index in [4.69, 9.17) is 4.74 Å². The van der Waals surface area contributed by atoms with Crippen LogP contribution in [-0.4, -0.2) is 61.9 Å². The van der Waals surface area contributed by atoms with Gasteiger partial charge in [0.2, 0.25) is 10.0 Å². The summed E-state index contributed by atoms with van der Waals surface area (Å²) in [7, 11) is -3.54. The zero-order valence-electron chi connectivity index (χ0n) is 12.4. The molecule has 7 nitrogen and oxygen atoms in total. The molecular weight excluding hydrogens is 292 g/mol. The van der Waals surface area contributed by atoms with E-state index in [0.717, 1.165) is 13.1 Å². The Labute approximate surface area is 125 Å². The van der Waals surface area contributed by atoms with Gasteiger partial charge in [-0.1, -0.05) is 0 Å². The lowest BCUT2D eigenvalue weighted by atomic mass is 10.2. The Kier molecular flexibility index (Phi) is 4.04. The first kappa shape index (κ1) is 15.0. The Morgan fingerprint density at radius 1 is 1.48 bits per heavy atom. The molecule has 1 aromatic rings. The number of rotatable bonds is 4. The molecule has 2 aliphatic rings. The fourth-order valence-corrected chi connectivity index (χ4v) is 4.65. The summed E-state index contributed by atoms with van der Waals surface area (Å²) in [4.78, 5) is 2.65. The van der Waals surface area contributed by atoms with Crippen molar-refractivity contribution < 1.29 is 13.2 Å². The van der Waals surface area contributed by atoms with Crippen LogP contribution in [0, 0.1) is 13.8 Å². The molecule has 2 N–H and O–H groups in total. The topological polar surface area (TPSA) is 87.3 Å². The van der Waals surface area contributed by atoms with Crippen molar-refractivity contribution in [2.75, 3.05) is 26.2 Å². The molecule has 21 heavy (non-hydrogen) atoms. The van der Waals surface area contributed by atoms with Gasteiger partial charge in [-0.25, -0.2) is 13.1 Å². The van der Waals surface area contributed by atoms with Gasteiger partial charge in [0.1, 0.15) is 4.90 Å². The highest BCUT2D eigenvalue weighted by atomic mass is 32.2. The molecule has 8 heteroatoms. The van der Waals surface area contributed by atoms with E-state index in [-0.39, 0.29) is 11.0 Å². The van der Waals surface area contributed by atoms with Crippen molar-refractivity contribution in [2.45, 2.75) is 43.7 Å². The number of fused-ring (bicyclic) bond motifs is 1. The maximum atomic E-state index is 12.4. The number of aryl methyl sites for hydroxylation is 2. The van der Waals surface area contributed by atoms with Crippen molar-refractivity contribution >= 4 is 10.0 Å². The van der Waals surface area contributed by atoms with Gasteiger partial charge in [0.05, 0.1) is 24.1 Å². The number of aromatic nitrogens is 2. The number of morpholine rings is 1. The molecular formula is C13H22N4O3S. The lowest BCUT2D eigenvalue weighted by Gasteiger charge is -2.35. The maximum Gasteiger partial charge on any atom is 0.244 e. The third-order valence-electron chi connectivity index (χ3n) is 4.29. The van der Waals surface area contributed by atoms with Crippen molar-refractivity contribution in [1.29, 1.82) is 0 Å². The number of hydrogen-bond acceptors (Lipinski definition) is 5. The van der Waals surface area contributed by atoms with Crippen LogP contribution in [0.25, 0.3) is 0 Å². The van der Waals surface area contributed by atoms with Gasteiger partial charge in [0.25, 0.3) is 0 Å². The van der Waals surface area contributed by atoms with E-state index in [1.165, 1.54) is 12.8 Å². The Morgan fingerprint density at radius 2 is 2.29 bits per heavy atom. The molecule has 3 heterocycles. The molecule has 0 amide bonds. The van der Waals surface area contributed by atoms with E-state index in [0.29, 0.717) is 30.6 Å². The molecule has 2 atom stereocenters. The lowest BCUT2D eigenvalue weighted by molar-refractivity contribution is -0.0449. The predicted molar refractivity (Wildman–Crippen MR) is 77.6 cm³/mol. The van der Waals surface area contributed by atoms with Crippen LogP contribution >= 0.6 is 0 Å². The minimum atomic E-state index is -3.54. The van der Waals surface area contributed by atoms with Gasteiger partial charge in [-0.15, -0.1) is 0 Å². The second kappa shape index (κ2) is 5.68. The normalized spacial score (nSPS) is 27.0. The first-order valence-electron chi connectivity index (χ1n) is 7.34. The Hall–Kier alpha value is -0.960. The summed E-state index contributed by atoms with van der Waals surface area (Å²) in [5.41, 5.74) is 1.05. The van der Waals surface area contributed by atoms with Gasteiger partial charge in [-0.2, -0.15) is 5.10 Å². The van der Waals surface area contributed by atoms with Gasteiger partial charge in [0.15, 0.2) is 0 Å². The summed E-state index contributed by atoms with van der Waals surface area (Å²) >= 11 is 0. The van der Waals surface area contributed by atoms with Crippen LogP contribution < -0.4 is 4.72 Å². The molecule has 2 fully saturated rings. The van der Waals surface area contributed by atoms with Gasteiger partial charge in [0, 0.05) is 19.1 Å². The maximum absolute atomic E-state index is 12.4. The Morgan fingerprint density at radius 3 is 3.00 bits per heavy atom. The second-order valence-corrected chi connectivity index (χ2v) is 7.57. The molecule has 0 bridgehead atoms. The molecule has 0 saturated carbocycles. The quantitative estimate of drug-likeness (QED) is 0.827. The number of nitrogens with one attached hydrogen (secondary N) is 2. The highest BCUT2D eigenvalue weighted by molar-refractivity contribution is 7.89. The number of nitrogens with zero attached hydrogens (tertiary/aromatic N) is 2. The third-order valence-corrected chi connectivity index (χ3v) is 5.98. The smallest absolute Gasteiger partial charge is 0.244 e. The Bertz CT molecular complexity index is 593. The van der Waals surface area contributed by atoms with Gasteiger partial charge in [-0.3, -0.25) is 10.00 Å². The fraction of sp³-hybridized carbons (Fsp3) is 0.769. The average Bonchev–Trinajstić information content (AvgIpc) is 3.02. The molecule has 0 aromatic carbocycles. The van der Waals surface area contributed by atoms with Crippen LogP contribution in [0.5, 0.6) is 0 Å². The van der Waals surface area contributed by atoms with Gasteiger partial charge < -0.3 is 4.74 Å². The van der Waals surface area contributed by atoms with Crippen LogP contribution in [0.2, 0.25) is 0 Å². The summed E-state index contributed by atoms with van der Waals surface area (Å²) in [6.45, 7) is 6.30. The molecule has 0 aliphatic carbocycles. The number of ether oxygens (including phenoxy) is 1. The largest absolute Gasteiger partial charge is 0.374 e. The number of H-pyrrole nitrogens is 1. The van der Waals surface area contributed by atoms with Gasteiger partial charge in [-0.05, 0) is 33.2 Å². The van der Waals surface area contributed by atoms with E-state index in [1.54, 1.807) is 13.8 Å². The monoisotopic (exact) mass is 314 g/mol. The SMILES string of the molecule is Cc1n[nH]c(C)c1S(=O)(=O)NCC1CN2CCCC2CO1.